The Balaban J connectivity index is 0. The van der Waals surface area contributed by atoms with E-state index in [1.165, 1.54) is 0 Å². The van der Waals surface area contributed by atoms with Crippen LogP contribution >= 0.6 is 0 Å². The molecule has 0 saturated heterocycles. The predicted octanol–water partition coefficient (Wildman–Crippen LogP) is -1.29. The number of hydrogen-bond donors (Lipinski definition) is 0. The molecule has 0 unspecified atom stereocenters. The maximum atomic E-state index is 8.44. The third kappa shape index (κ3) is 9290. The molecule has 0 spiro atoms. The number of rotatable bonds is 0. The molecule has 0 heterocycles. The number of hydrogen-bond acceptors (Lipinski definition) is 4. The first kappa shape index (κ1) is 9.34. The summed E-state index contributed by atoms with van der Waals surface area (Å²) in [6, 6.07) is 0. The molecule has 0 aromatic heterocycles. The summed E-state index contributed by atoms with van der Waals surface area (Å²) in [4.78, 5) is 0. The SMILES string of the molecule is O=S=O.O=[Se]=O. The van der Waals surface area contributed by atoms with Crippen LogP contribution in [0.4, 0.5) is 0 Å². The quantitative estimate of drug-likeness (QED) is 0.429. The van der Waals surface area contributed by atoms with Crippen molar-refractivity contribution in [2.24, 2.45) is 0 Å². The van der Waals surface area contributed by atoms with E-state index in [9.17, 15) is 0 Å². The standard InChI is InChI=1S/O2S.O2Se/c2*1-3-2. The molecule has 0 fully saturated rings. The van der Waals surface area contributed by atoms with Gasteiger partial charge in [-0.15, -0.1) is 0 Å². The van der Waals surface area contributed by atoms with Crippen molar-refractivity contribution >= 4 is 26.4 Å². The van der Waals surface area contributed by atoms with Gasteiger partial charge < -0.3 is 0 Å². The van der Waals surface area contributed by atoms with E-state index in [1.54, 1.807) is 0 Å². The van der Waals surface area contributed by atoms with Gasteiger partial charge in [0.25, 0.3) is 0 Å². The molecule has 0 aliphatic rings. The van der Waals surface area contributed by atoms with Gasteiger partial charge in [0.2, 0.25) is 0 Å². The van der Waals surface area contributed by atoms with E-state index in [0.717, 1.165) is 0 Å². The van der Waals surface area contributed by atoms with E-state index in [2.05, 4.69) is 0 Å². The molecule has 0 atom stereocenters. The summed E-state index contributed by atoms with van der Waals surface area (Å²) in [5.41, 5.74) is 0. The van der Waals surface area contributed by atoms with E-state index in [-0.39, 0.29) is 0 Å². The zero-order valence-corrected chi connectivity index (χ0v) is 4.98. The van der Waals surface area contributed by atoms with Gasteiger partial charge in [-0.05, 0) is 0 Å². The van der Waals surface area contributed by atoms with E-state index in [0.29, 0.717) is 0 Å². The molecule has 0 radical (unpaired) electrons. The van der Waals surface area contributed by atoms with Gasteiger partial charge in [-0.1, -0.05) is 0 Å². The molecule has 0 aromatic rings. The van der Waals surface area contributed by atoms with Crippen LogP contribution in [0.5, 0.6) is 0 Å². The van der Waals surface area contributed by atoms with Crippen LogP contribution in [0, 0.1) is 0 Å². The van der Waals surface area contributed by atoms with E-state index < -0.39 is 26.4 Å². The fourth-order valence-electron chi connectivity index (χ4n) is 0. The minimum atomic E-state index is -1.62. The maximum absolute atomic E-state index is 8.44. The van der Waals surface area contributed by atoms with E-state index in [1.807, 2.05) is 0 Å². The molecule has 0 aromatic carbocycles. The van der Waals surface area contributed by atoms with Crippen LogP contribution in [-0.2, 0) is 19.2 Å². The Labute approximate surface area is 43.1 Å². The zero-order valence-electron chi connectivity index (χ0n) is 2.45. The summed E-state index contributed by atoms with van der Waals surface area (Å²) in [5, 5.41) is 0. The Morgan fingerprint density at radius 2 is 1.17 bits per heavy atom. The molecular formula is O4SSe. The van der Waals surface area contributed by atoms with Gasteiger partial charge in [-0.25, -0.2) is 0 Å². The van der Waals surface area contributed by atoms with Crippen molar-refractivity contribution in [3.63, 3.8) is 0 Å². The van der Waals surface area contributed by atoms with Gasteiger partial charge >= 0.3 is 34.1 Å². The summed E-state index contributed by atoms with van der Waals surface area (Å²) in [7, 11) is 0. The molecule has 0 N–H and O–H groups in total. The summed E-state index contributed by atoms with van der Waals surface area (Å²) < 4.78 is 33.5. The van der Waals surface area contributed by atoms with Crippen molar-refractivity contribution in [2.75, 3.05) is 0 Å². The second kappa shape index (κ2) is 20.4. The second-order valence-corrected chi connectivity index (χ2v) is 0.558. The van der Waals surface area contributed by atoms with Gasteiger partial charge in [-0.3, -0.25) is 0 Å². The van der Waals surface area contributed by atoms with Crippen molar-refractivity contribution in [3.05, 3.63) is 0 Å². The van der Waals surface area contributed by atoms with E-state index >= 15 is 0 Å². The molecule has 6 heavy (non-hydrogen) atoms. The minimum absolute atomic E-state index is 0.750. The summed E-state index contributed by atoms with van der Waals surface area (Å²) >= 11 is -2.38. The molecule has 0 amide bonds. The first-order valence-corrected chi connectivity index (χ1v) is 2.73. The molecule has 36 valence electrons. The Kier molecular flexibility index (Phi) is 31.7. The average Bonchev–Trinajstić information content (AvgIpc) is 1.39. The van der Waals surface area contributed by atoms with Crippen LogP contribution in [0.1, 0.15) is 0 Å². The van der Waals surface area contributed by atoms with Gasteiger partial charge in [0.15, 0.2) is 0 Å². The first-order valence-electron chi connectivity index (χ1n) is 0.667. The van der Waals surface area contributed by atoms with Crippen LogP contribution in [0.25, 0.3) is 0 Å². The van der Waals surface area contributed by atoms with Crippen LogP contribution in [-0.4, -0.2) is 23.2 Å². The predicted molar refractivity (Wildman–Crippen MR) is 16.0 cm³/mol. The Morgan fingerprint density at radius 3 is 1.17 bits per heavy atom. The Hall–Kier alpha value is -0.0605. The molecule has 0 saturated carbocycles. The van der Waals surface area contributed by atoms with Crippen molar-refractivity contribution < 1.29 is 16.1 Å². The van der Waals surface area contributed by atoms with Crippen LogP contribution < -0.4 is 0 Å². The summed E-state index contributed by atoms with van der Waals surface area (Å²) in [6.45, 7) is 0. The van der Waals surface area contributed by atoms with Crippen molar-refractivity contribution in [1.82, 2.24) is 0 Å². The molecular weight excluding hydrogens is 175 g/mol. The van der Waals surface area contributed by atoms with E-state index in [4.69, 9.17) is 16.1 Å². The van der Waals surface area contributed by atoms with Gasteiger partial charge in [0.05, 0.1) is 0 Å². The second-order valence-electron chi connectivity index (χ2n) is 0.136. The van der Waals surface area contributed by atoms with Gasteiger partial charge in [0, 0.05) is 0 Å². The van der Waals surface area contributed by atoms with Gasteiger partial charge in [-0.2, -0.15) is 8.42 Å². The molecule has 4 nitrogen and oxygen atoms in total. The van der Waals surface area contributed by atoms with Crippen LogP contribution in [0.15, 0.2) is 0 Å². The monoisotopic (exact) mass is 176 g/mol. The normalized spacial score (nSPS) is 4.00. The summed E-state index contributed by atoms with van der Waals surface area (Å²) in [6.07, 6.45) is 0. The van der Waals surface area contributed by atoms with Crippen molar-refractivity contribution in [2.45, 2.75) is 0 Å². The topological polar surface area (TPSA) is 68.3 Å². The fraction of sp³-hybridized carbons (Fsp3) is 0. The Morgan fingerprint density at radius 1 is 1.17 bits per heavy atom. The molecule has 6 heteroatoms. The van der Waals surface area contributed by atoms with Crippen molar-refractivity contribution in [1.29, 1.82) is 0 Å². The molecule has 0 bridgehead atoms. The molecule has 0 aliphatic heterocycles. The zero-order chi connectivity index (χ0) is 5.41. The molecule has 0 rings (SSSR count). The van der Waals surface area contributed by atoms with Crippen LogP contribution in [0.3, 0.4) is 0 Å². The third-order valence-electron chi connectivity index (χ3n) is 0. The van der Waals surface area contributed by atoms with Crippen molar-refractivity contribution in [3.8, 4) is 0 Å². The molecule has 0 aliphatic carbocycles. The average molecular weight is 175 g/mol. The van der Waals surface area contributed by atoms with Gasteiger partial charge in [0.1, 0.15) is 0 Å². The first-order chi connectivity index (χ1) is 2.83. The Bertz CT molecular complexity index is 61.5. The van der Waals surface area contributed by atoms with Crippen LogP contribution in [0.2, 0.25) is 0 Å². The fourth-order valence-corrected chi connectivity index (χ4v) is 0. The summed E-state index contributed by atoms with van der Waals surface area (Å²) in [5.74, 6) is 0. The third-order valence-corrected chi connectivity index (χ3v) is 0.